The Balaban J connectivity index is 1.54. The number of nitrogens with one attached hydrogen (secondary N) is 3. The van der Waals surface area contributed by atoms with Gasteiger partial charge in [0.2, 0.25) is 0 Å². The number of ether oxygens (including phenoxy) is 1. The Morgan fingerprint density at radius 3 is 2.60 bits per heavy atom. The van der Waals surface area contributed by atoms with Crippen LogP contribution in [-0.4, -0.2) is 78.3 Å². The summed E-state index contributed by atoms with van der Waals surface area (Å²) in [6, 6.07) is 3.91. The van der Waals surface area contributed by atoms with Crippen LogP contribution in [0.25, 0.3) is 0 Å². The van der Waals surface area contributed by atoms with Crippen molar-refractivity contribution >= 4 is 17.5 Å². The molecule has 3 rings (SSSR count). The van der Waals surface area contributed by atoms with Crippen molar-refractivity contribution in [3.8, 4) is 0 Å². The number of piperidine rings is 1. The van der Waals surface area contributed by atoms with Crippen molar-refractivity contribution in [2.75, 3.05) is 69.4 Å². The third kappa shape index (κ3) is 5.99. The molecular formula is C21H34N8O. The van der Waals surface area contributed by atoms with E-state index in [0.717, 1.165) is 74.5 Å². The van der Waals surface area contributed by atoms with E-state index >= 15 is 0 Å². The summed E-state index contributed by atoms with van der Waals surface area (Å²) in [6.07, 6.45) is 3.82. The smallest absolute Gasteiger partial charge is 0.138 e. The molecule has 1 atom stereocenters. The molecule has 1 saturated heterocycles. The van der Waals surface area contributed by atoms with Gasteiger partial charge in [0.05, 0.1) is 6.61 Å². The molecule has 0 saturated carbocycles. The molecule has 9 heteroatoms. The van der Waals surface area contributed by atoms with Gasteiger partial charge in [0, 0.05) is 63.6 Å². The topological polar surface area (TPSA) is 100 Å². The minimum absolute atomic E-state index is 0.0385. The third-order valence-corrected chi connectivity index (χ3v) is 5.44. The van der Waals surface area contributed by atoms with E-state index in [1.54, 1.807) is 13.4 Å². The molecule has 9 nitrogen and oxygen atoms in total. The van der Waals surface area contributed by atoms with Crippen molar-refractivity contribution in [3.05, 3.63) is 30.0 Å². The van der Waals surface area contributed by atoms with E-state index in [2.05, 4.69) is 37.7 Å². The van der Waals surface area contributed by atoms with E-state index in [9.17, 15) is 0 Å². The Morgan fingerprint density at radius 1 is 1.10 bits per heavy atom. The molecule has 164 valence electrons. The number of aromatic nitrogens is 4. The number of rotatable bonds is 10. The van der Waals surface area contributed by atoms with Crippen LogP contribution < -0.4 is 16.0 Å². The quantitative estimate of drug-likeness (QED) is 0.505. The molecular weight excluding hydrogens is 380 g/mol. The average Bonchev–Trinajstić information content (AvgIpc) is 2.74. The zero-order valence-electron chi connectivity index (χ0n) is 18.5. The molecule has 3 N–H and O–H groups in total. The molecule has 1 aliphatic heterocycles. The van der Waals surface area contributed by atoms with Crippen molar-refractivity contribution in [3.63, 3.8) is 0 Å². The number of methoxy groups -OCH3 is 1. The summed E-state index contributed by atoms with van der Waals surface area (Å²) in [7, 11) is 3.59. The predicted molar refractivity (Wildman–Crippen MR) is 120 cm³/mol. The second kappa shape index (κ2) is 10.5. The lowest BCUT2D eigenvalue weighted by molar-refractivity contribution is 0.156. The first kappa shape index (κ1) is 22.2. The van der Waals surface area contributed by atoms with E-state index in [1.165, 1.54) is 0 Å². The second-order valence-corrected chi connectivity index (χ2v) is 8.04. The van der Waals surface area contributed by atoms with Gasteiger partial charge in [-0.15, -0.1) is 0 Å². The number of nitrogens with zero attached hydrogens (tertiary/aromatic N) is 5. The van der Waals surface area contributed by atoms with E-state index in [0.29, 0.717) is 6.61 Å². The molecule has 1 unspecified atom stereocenters. The average molecular weight is 415 g/mol. The lowest BCUT2D eigenvalue weighted by atomic mass is 9.81. The Labute approximate surface area is 179 Å². The zero-order chi connectivity index (χ0) is 21.4. The van der Waals surface area contributed by atoms with Crippen LogP contribution in [0.2, 0.25) is 0 Å². The van der Waals surface area contributed by atoms with Crippen LogP contribution in [0.4, 0.5) is 17.5 Å². The fourth-order valence-corrected chi connectivity index (χ4v) is 3.86. The Morgan fingerprint density at radius 2 is 1.87 bits per heavy atom. The van der Waals surface area contributed by atoms with E-state index in [4.69, 9.17) is 14.7 Å². The lowest BCUT2D eigenvalue weighted by Gasteiger charge is -2.39. The number of anilines is 3. The molecule has 0 radical (unpaired) electrons. The molecule has 2 aromatic heterocycles. The molecule has 30 heavy (non-hydrogen) atoms. The summed E-state index contributed by atoms with van der Waals surface area (Å²) in [4.78, 5) is 20.5. The highest BCUT2D eigenvalue weighted by Crippen LogP contribution is 2.32. The fourth-order valence-electron chi connectivity index (χ4n) is 3.86. The van der Waals surface area contributed by atoms with Gasteiger partial charge in [0.1, 0.15) is 29.6 Å². The van der Waals surface area contributed by atoms with E-state index < -0.39 is 0 Å². The van der Waals surface area contributed by atoms with E-state index in [1.807, 2.05) is 26.1 Å². The maximum atomic E-state index is 5.05. The van der Waals surface area contributed by atoms with Gasteiger partial charge in [-0.25, -0.2) is 19.9 Å². The summed E-state index contributed by atoms with van der Waals surface area (Å²) in [5.41, 5.74) is 0.964. The fraction of sp³-hybridized carbons (Fsp3) is 0.619. The van der Waals surface area contributed by atoms with Gasteiger partial charge < -0.3 is 25.6 Å². The SMILES string of the molecule is CNc1cc(C)nc(C2(C)CCCN(CCNc3cc(NCCOC)ncn3)C2)n1. The van der Waals surface area contributed by atoms with Crippen molar-refractivity contribution in [1.29, 1.82) is 0 Å². The molecule has 0 aliphatic carbocycles. The first-order valence-electron chi connectivity index (χ1n) is 10.6. The van der Waals surface area contributed by atoms with Gasteiger partial charge >= 0.3 is 0 Å². The molecule has 0 amide bonds. The van der Waals surface area contributed by atoms with Gasteiger partial charge in [-0.3, -0.25) is 0 Å². The molecule has 0 aromatic carbocycles. The van der Waals surface area contributed by atoms with Crippen molar-refractivity contribution in [2.45, 2.75) is 32.1 Å². The zero-order valence-corrected chi connectivity index (χ0v) is 18.5. The first-order chi connectivity index (χ1) is 14.5. The summed E-state index contributed by atoms with van der Waals surface area (Å²) < 4.78 is 5.05. The first-order valence-corrected chi connectivity index (χ1v) is 10.6. The molecule has 2 aromatic rings. The van der Waals surface area contributed by atoms with Crippen LogP contribution >= 0.6 is 0 Å². The highest BCUT2D eigenvalue weighted by Gasteiger charge is 2.35. The van der Waals surface area contributed by atoms with Crippen LogP contribution in [0, 0.1) is 6.92 Å². The van der Waals surface area contributed by atoms with Gasteiger partial charge in [0.15, 0.2) is 0 Å². The second-order valence-electron chi connectivity index (χ2n) is 8.04. The predicted octanol–water partition coefficient (Wildman–Crippen LogP) is 2.14. The van der Waals surface area contributed by atoms with Gasteiger partial charge in [0.25, 0.3) is 0 Å². The maximum absolute atomic E-state index is 5.05. The number of hydrogen-bond acceptors (Lipinski definition) is 9. The third-order valence-electron chi connectivity index (χ3n) is 5.44. The number of likely N-dealkylation sites (tertiary alicyclic amines) is 1. The maximum Gasteiger partial charge on any atom is 0.138 e. The standard InChI is InChI=1S/C21H34N8O/c1-16-12-17(22-3)28-20(27-16)21(2)6-5-9-29(14-21)10-7-23-18-13-19(26-15-25-18)24-8-11-30-4/h12-13,15H,5-11,14H2,1-4H3,(H,22,27,28)(H2,23,24,25,26). The van der Waals surface area contributed by atoms with Crippen LogP contribution in [0.15, 0.2) is 18.5 Å². The Hall–Kier alpha value is -2.52. The van der Waals surface area contributed by atoms with Crippen molar-refractivity contribution in [1.82, 2.24) is 24.8 Å². The summed E-state index contributed by atoms with van der Waals surface area (Å²) in [5.74, 6) is 3.45. The number of hydrogen-bond donors (Lipinski definition) is 3. The molecule has 3 heterocycles. The number of aryl methyl sites for hydroxylation is 1. The lowest BCUT2D eigenvalue weighted by Crippen LogP contribution is -2.46. The van der Waals surface area contributed by atoms with Crippen molar-refractivity contribution in [2.24, 2.45) is 0 Å². The molecule has 1 aliphatic rings. The minimum Gasteiger partial charge on any atom is -0.383 e. The minimum atomic E-state index is -0.0385. The Bertz CT molecular complexity index is 817. The summed E-state index contributed by atoms with van der Waals surface area (Å²) in [6.45, 7) is 9.47. The monoisotopic (exact) mass is 414 g/mol. The molecule has 0 bridgehead atoms. The highest BCUT2D eigenvalue weighted by molar-refractivity contribution is 5.46. The van der Waals surface area contributed by atoms with Crippen molar-refractivity contribution < 1.29 is 4.74 Å². The van der Waals surface area contributed by atoms with Crippen LogP contribution in [0.5, 0.6) is 0 Å². The van der Waals surface area contributed by atoms with Crippen LogP contribution in [-0.2, 0) is 10.2 Å². The largest absolute Gasteiger partial charge is 0.383 e. The van der Waals surface area contributed by atoms with Gasteiger partial charge in [-0.1, -0.05) is 6.92 Å². The molecule has 1 fully saturated rings. The van der Waals surface area contributed by atoms with E-state index in [-0.39, 0.29) is 5.41 Å². The van der Waals surface area contributed by atoms with Crippen LogP contribution in [0.1, 0.15) is 31.3 Å². The molecule has 0 spiro atoms. The van der Waals surface area contributed by atoms with Gasteiger partial charge in [-0.05, 0) is 26.3 Å². The summed E-state index contributed by atoms with van der Waals surface area (Å²) >= 11 is 0. The van der Waals surface area contributed by atoms with Crippen LogP contribution in [0.3, 0.4) is 0 Å². The normalized spacial score (nSPS) is 19.5. The van der Waals surface area contributed by atoms with Gasteiger partial charge in [-0.2, -0.15) is 0 Å². The summed E-state index contributed by atoms with van der Waals surface area (Å²) in [5, 5.41) is 9.78. The Kier molecular flexibility index (Phi) is 7.75. The highest BCUT2D eigenvalue weighted by atomic mass is 16.5.